The number of sulfonamides is 1. The summed E-state index contributed by atoms with van der Waals surface area (Å²) in [5.41, 5.74) is 2.99. The average molecular weight is 401 g/mol. The first-order valence-electron chi connectivity index (χ1n) is 8.95. The van der Waals surface area contributed by atoms with E-state index in [1.54, 1.807) is 24.3 Å². The Morgan fingerprint density at radius 3 is 2.50 bits per heavy atom. The Morgan fingerprint density at radius 2 is 1.89 bits per heavy atom. The molecule has 1 heterocycles. The summed E-state index contributed by atoms with van der Waals surface area (Å²) in [6, 6.07) is 14.4. The minimum Gasteiger partial charge on any atom is -0.494 e. The van der Waals surface area contributed by atoms with Crippen LogP contribution in [0, 0.1) is 0 Å². The zero-order valence-electron chi connectivity index (χ0n) is 16.0. The highest BCUT2D eigenvalue weighted by molar-refractivity contribution is 7.92. The zero-order valence-corrected chi connectivity index (χ0v) is 16.9. The standard InChI is InChI=1S/C20H23N3O4S/c1-4-27-20-8-6-5-7-17(20)19-13-18(21-23(19)14(2)24)15-9-11-16(12-10-15)22-28(3,25)26/h5-12,19,22H,4,13H2,1-3H3/t19-/m1/s1. The van der Waals surface area contributed by atoms with E-state index in [0.717, 1.165) is 28.8 Å². The maximum absolute atomic E-state index is 12.2. The second-order valence-corrected chi connectivity index (χ2v) is 8.30. The van der Waals surface area contributed by atoms with Gasteiger partial charge in [-0.3, -0.25) is 9.52 Å². The van der Waals surface area contributed by atoms with Crippen LogP contribution in [0.15, 0.2) is 53.6 Å². The van der Waals surface area contributed by atoms with E-state index < -0.39 is 10.0 Å². The molecule has 1 aliphatic rings. The Labute approximate surface area is 165 Å². The van der Waals surface area contributed by atoms with Gasteiger partial charge in [0.15, 0.2) is 0 Å². The molecule has 7 nitrogen and oxygen atoms in total. The Hall–Kier alpha value is -2.87. The third-order valence-corrected chi connectivity index (χ3v) is 4.94. The molecule has 0 radical (unpaired) electrons. The lowest BCUT2D eigenvalue weighted by molar-refractivity contribution is -0.130. The Kier molecular flexibility index (Phi) is 5.69. The van der Waals surface area contributed by atoms with Crippen molar-refractivity contribution in [2.24, 2.45) is 5.10 Å². The molecule has 1 amide bonds. The van der Waals surface area contributed by atoms with Gasteiger partial charge in [0, 0.05) is 24.6 Å². The van der Waals surface area contributed by atoms with E-state index in [1.165, 1.54) is 11.9 Å². The van der Waals surface area contributed by atoms with E-state index in [-0.39, 0.29) is 11.9 Å². The van der Waals surface area contributed by atoms with Gasteiger partial charge in [-0.2, -0.15) is 5.10 Å². The third-order valence-electron chi connectivity index (χ3n) is 4.33. The van der Waals surface area contributed by atoms with Crippen molar-refractivity contribution in [1.82, 2.24) is 5.01 Å². The molecule has 0 saturated heterocycles. The molecule has 1 aliphatic heterocycles. The van der Waals surface area contributed by atoms with Crippen molar-refractivity contribution in [2.75, 3.05) is 17.6 Å². The Balaban J connectivity index is 1.89. The molecule has 28 heavy (non-hydrogen) atoms. The molecule has 2 aromatic carbocycles. The van der Waals surface area contributed by atoms with Crippen molar-refractivity contribution in [3.8, 4) is 5.75 Å². The highest BCUT2D eigenvalue weighted by atomic mass is 32.2. The van der Waals surface area contributed by atoms with Crippen LogP contribution < -0.4 is 9.46 Å². The first-order valence-corrected chi connectivity index (χ1v) is 10.8. The molecule has 0 aliphatic carbocycles. The molecule has 0 fully saturated rings. The second-order valence-electron chi connectivity index (χ2n) is 6.55. The predicted octanol–water partition coefficient (Wildman–Crippen LogP) is 3.15. The van der Waals surface area contributed by atoms with Crippen molar-refractivity contribution >= 4 is 27.3 Å². The smallest absolute Gasteiger partial charge is 0.240 e. The summed E-state index contributed by atoms with van der Waals surface area (Å²) in [5, 5.41) is 6.01. The average Bonchev–Trinajstić information content (AvgIpc) is 3.07. The number of rotatable bonds is 6. The van der Waals surface area contributed by atoms with Crippen molar-refractivity contribution < 1.29 is 17.9 Å². The van der Waals surface area contributed by atoms with Gasteiger partial charge in [0.25, 0.3) is 0 Å². The Morgan fingerprint density at radius 1 is 1.21 bits per heavy atom. The molecular weight excluding hydrogens is 378 g/mol. The predicted molar refractivity (Wildman–Crippen MR) is 109 cm³/mol. The lowest BCUT2D eigenvalue weighted by atomic mass is 9.97. The van der Waals surface area contributed by atoms with Crippen molar-refractivity contribution in [2.45, 2.75) is 26.3 Å². The van der Waals surface area contributed by atoms with Crippen LogP contribution in [0.25, 0.3) is 0 Å². The van der Waals surface area contributed by atoms with Gasteiger partial charge < -0.3 is 4.74 Å². The van der Waals surface area contributed by atoms with Crippen LogP contribution in [-0.4, -0.2) is 37.9 Å². The van der Waals surface area contributed by atoms with Gasteiger partial charge in [0.2, 0.25) is 15.9 Å². The number of anilines is 1. The second kappa shape index (κ2) is 8.02. The quantitative estimate of drug-likeness (QED) is 0.805. The maximum Gasteiger partial charge on any atom is 0.240 e. The molecule has 8 heteroatoms. The van der Waals surface area contributed by atoms with Crippen molar-refractivity contribution in [1.29, 1.82) is 0 Å². The zero-order chi connectivity index (χ0) is 20.3. The van der Waals surface area contributed by atoms with Crippen LogP contribution in [0.2, 0.25) is 0 Å². The molecule has 0 saturated carbocycles. The van der Waals surface area contributed by atoms with Gasteiger partial charge >= 0.3 is 0 Å². The number of nitrogens with zero attached hydrogens (tertiary/aromatic N) is 2. The van der Waals surface area contributed by atoms with Crippen LogP contribution in [-0.2, 0) is 14.8 Å². The summed E-state index contributed by atoms with van der Waals surface area (Å²) < 4.78 is 30.9. The fraction of sp³-hybridized carbons (Fsp3) is 0.300. The number of nitrogens with one attached hydrogen (secondary N) is 1. The highest BCUT2D eigenvalue weighted by Gasteiger charge is 2.33. The van der Waals surface area contributed by atoms with Gasteiger partial charge in [0.1, 0.15) is 5.75 Å². The van der Waals surface area contributed by atoms with E-state index in [1.807, 2.05) is 31.2 Å². The molecular formula is C20H23N3O4S. The molecule has 0 aromatic heterocycles. The van der Waals surface area contributed by atoms with Gasteiger partial charge in [-0.1, -0.05) is 30.3 Å². The highest BCUT2D eigenvalue weighted by Crippen LogP contribution is 2.37. The molecule has 0 unspecified atom stereocenters. The van der Waals surface area contributed by atoms with Crippen molar-refractivity contribution in [3.63, 3.8) is 0 Å². The lowest BCUT2D eigenvalue weighted by Crippen LogP contribution is -2.24. The fourth-order valence-corrected chi connectivity index (χ4v) is 3.77. The normalized spacial score (nSPS) is 16.6. The largest absolute Gasteiger partial charge is 0.494 e. The van der Waals surface area contributed by atoms with Crippen LogP contribution in [0.3, 0.4) is 0 Å². The Bertz CT molecular complexity index is 1000. The minimum atomic E-state index is -3.33. The lowest BCUT2D eigenvalue weighted by Gasteiger charge is -2.22. The number of para-hydroxylation sites is 1. The van der Waals surface area contributed by atoms with Gasteiger partial charge in [-0.15, -0.1) is 0 Å². The molecule has 2 aromatic rings. The number of carbonyl (C=O) groups excluding carboxylic acids is 1. The van der Waals surface area contributed by atoms with Crippen LogP contribution in [0.1, 0.15) is 37.4 Å². The monoisotopic (exact) mass is 401 g/mol. The van der Waals surface area contributed by atoms with E-state index in [4.69, 9.17) is 4.74 Å². The molecule has 1 atom stereocenters. The topological polar surface area (TPSA) is 88.1 Å². The van der Waals surface area contributed by atoms with E-state index >= 15 is 0 Å². The fourth-order valence-electron chi connectivity index (χ4n) is 3.20. The number of amides is 1. The first kappa shape index (κ1) is 19.9. The summed E-state index contributed by atoms with van der Waals surface area (Å²) >= 11 is 0. The van der Waals surface area contributed by atoms with E-state index in [0.29, 0.717) is 18.7 Å². The third kappa shape index (κ3) is 4.51. The number of hydrogen-bond acceptors (Lipinski definition) is 5. The first-order chi connectivity index (χ1) is 13.3. The summed E-state index contributed by atoms with van der Waals surface area (Å²) in [6.45, 7) is 3.94. The number of hydrazone groups is 1. The summed E-state index contributed by atoms with van der Waals surface area (Å²) in [7, 11) is -3.33. The minimum absolute atomic E-state index is 0.151. The van der Waals surface area contributed by atoms with Crippen molar-refractivity contribution in [3.05, 3.63) is 59.7 Å². The summed E-state index contributed by atoms with van der Waals surface area (Å²) in [6.07, 6.45) is 1.65. The van der Waals surface area contributed by atoms with Crippen LogP contribution >= 0.6 is 0 Å². The van der Waals surface area contributed by atoms with Gasteiger partial charge in [-0.25, -0.2) is 13.4 Å². The summed E-state index contributed by atoms with van der Waals surface area (Å²) in [4.78, 5) is 12.2. The molecule has 3 rings (SSSR count). The molecule has 1 N–H and O–H groups in total. The SMILES string of the molecule is CCOc1ccccc1[C@H]1CC(c2ccc(NS(C)(=O)=O)cc2)=NN1C(C)=O. The van der Waals surface area contributed by atoms with E-state index in [2.05, 4.69) is 9.82 Å². The van der Waals surface area contributed by atoms with Crippen LogP contribution in [0.5, 0.6) is 5.75 Å². The summed E-state index contributed by atoms with van der Waals surface area (Å²) in [5.74, 6) is 0.590. The number of carbonyl (C=O) groups is 1. The van der Waals surface area contributed by atoms with Gasteiger partial charge in [-0.05, 0) is 30.7 Å². The number of ether oxygens (including phenoxy) is 1. The molecule has 0 bridgehead atoms. The van der Waals surface area contributed by atoms with Crippen LogP contribution in [0.4, 0.5) is 5.69 Å². The molecule has 0 spiro atoms. The number of hydrogen-bond donors (Lipinski definition) is 1. The van der Waals surface area contributed by atoms with Gasteiger partial charge in [0.05, 0.1) is 24.6 Å². The molecule has 148 valence electrons. The van der Waals surface area contributed by atoms with E-state index in [9.17, 15) is 13.2 Å². The maximum atomic E-state index is 12.2. The number of benzene rings is 2.